The number of hydrogen-bond donors (Lipinski definition) is 2. The van der Waals surface area contributed by atoms with Gasteiger partial charge in [0, 0.05) is 45.7 Å². The molecule has 0 radical (unpaired) electrons. The lowest BCUT2D eigenvalue weighted by molar-refractivity contribution is -0.129. The Kier molecular flexibility index (Phi) is 11.4. The lowest BCUT2D eigenvalue weighted by Gasteiger charge is -2.21. The van der Waals surface area contributed by atoms with Gasteiger partial charge in [0.1, 0.15) is 0 Å². The van der Waals surface area contributed by atoms with Crippen molar-refractivity contribution in [2.75, 3.05) is 33.2 Å². The third-order valence-corrected chi connectivity index (χ3v) is 5.26. The molecule has 2 N–H and O–H groups in total. The van der Waals surface area contributed by atoms with Crippen LogP contribution in [0.4, 0.5) is 0 Å². The summed E-state index contributed by atoms with van der Waals surface area (Å²) >= 11 is 0. The number of guanidine groups is 1. The van der Waals surface area contributed by atoms with Gasteiger partial charge in [0.2, 0.25) is 5.91 Å². The van der Waals surface area contributed by atoms with Gasteiger partial charge < -0.3 is 15.5 Å². The van der Waals surface area contributed by atoms with Gasteiger partial charge in [-0.15, -0.1) is 24.0 Å². The summed E-state index contributed by atoms with van der Waals surface area (Å²) in [4.78, 5) is 20.6. The predicted octanol–water partition coefficient (Wildman–Crippen LogP) is 2.82. The molecule has 0 aliphatic carbocycles. The second-order valence-corrected chi connectivity index (χ2v) is 6.98. The molecular weight excluding hydrogens is 465 g/mol. The molecule has 1 aromatic carbocycles. The second kappa shape index (κ2) is 13.0. The van der Waals surface area contributed by atoms with Gasteiger partial charge in [-0.2, -0.15) is 0 Å². The third kappa shape index (κ3) is 7.24. The van der Waals surface area contributed by atoms with Gasteiger partial charge in [-0.25, -0.2) is 0 Å². The zero-order chi connectivity index (χ0) is 19.6. The van der Waals surface area contributed by atoms with E-state index >= 15 is 0 Å². The van der Waals surface area contributed by atoms with E-state index in [9.17, 15) is 4.79 Å². The molecule has 158 valence electrons. The maximum Gasteiger partial charge on any atom is 0.222 e. The minimum atomic E-state index is 0. The fraction of sp³-hybridized carbons (Fsp3) is 0.619. The lowest BCUT2D eigenvalue weighted by atomic mass is 10.1. The summed E-state index contributed by atoms with van der Waals surface area (Å²) < 4.78 is 0. The van der Waals surface area contributed by atoms with Crippen LogP contribution in [0.5, 0.6) is 0 Å². The van der Waals surface area contributed by atoms with Crippen LogP contribution in [-0.2, 0) is 17.9 Å². The van der Waals surface area contributed by atoms with E-state index < -0.39 is 0 Å². The first-order valence-corrected chi connectivity index (χ1v) is 10.1. The highest BCUT2D eigenvalue weighted by Crippen LogP contribution is 2.13. The number of carbonyl (C=O) groups excluding carboxylic acids is 1. The summed E-state index contributed by atoms with van der Waals surface area (Å²) in [7, 11) is 1.79. The minimum Gasteiger partial charge on any atom is -0.352 e. The van der Waals surface area contributed by atoms with Crippen LogP contribution in [0.2, 0.25) is 0 Å². The second-order valence-electron chi connectivity index (χ2n) is 6.98. The van der Waals surface area contributed by atoms with Crippen molar-refractivity contribution in [3.05, 3.63) is 35.4 Å². The average Bonchev–Trinajstić information content (AvgIpc) is 3.17. The number of rotatable bonds is 8. The molecule has 1 fully saturated rings. The minimum absolute atomic E-state index is 0. The Bertz CT molecular complexity index is 633. The molecule has 0 saturated carbocycles. The molecule has 7 heteroatoms. The molecule has 1 aliphatic rings. The fourth-order valence-corrected chi connectivity index (χ4v) is 3.47. The molecule has 1 aliphatic heterocycles. The Labute approximate surface area is 187 Å². The Balaban J connectivity index is 0.00000392. The Hall–Kier alpha value is -1.35. The van der Waals surface area contributed by atoms with E-state index in [0.717, 1.165) is 51.6 Å². The van der Waals surface area contributed by atoms with E-state index in [1.807, 2.05) is 11.8 Å². The van der Waals surface area contributed by atoms with Crippen LogP contribution in [0.1, 0.15) is 44.7 Å². The van der Waals surface area contributed by atoms with Gasteiger partial charge in [-0.05, 0) is 30.6 Å². The zero-order valence-corrected chi connectivity index (χ0v) is 20.0. The van der Waals surface area contributed by atoms with Crippen molar-refractivity contribution in [3.8, 4) is 0 Å². The highest BCUT2D eigenvalue weighted by molar-refractivity contribution is 14.0. The molecule has 1 unspecified atom stereocenters. The topological polar surface area (TPSA) is 60.0 Å². The molecule has 2 rings (SSSR count). The zero-order valence-electron chi connectivity index (χ0n) is 17.7. The number of benzene rings is 1. The number of likely N-dealkylation sites (tertiary alicyclic amines) is 1. The Morgan fingerprint density at radius 1 is 1.21 bits per heavy atom. The van der Waals surface area contributed by atoms with Crippen molar-refractivity contribution >= 4 is 35.8 Å². The largest absolute Gasteiger partial charge is 0.352 e. The number of aliphatic imine (C=N–C) groups is 1. The van der Waals surface area contributed by atoms with Gasteiger partial charge in [0.15, 0.2) is 5.96 Å². The molecule has 6 nitrogen and oxygen atoms in total. The molecule has 1 amide bonds. The van der Waals surface area contributed by atoms with E-state index in [2.05, 4.69) is 58.6 Å². The molecule has 0 spiro atoms. The maximum absolute atomic E-state index is 11.8. The molecule has 28 heavy (non-hydrogen) atoms. The van der Waals surface area contributed by atoms with Crippen LogP contribution < -0.4 is 10.6 Å². The highest BCUT2D eigenvalue weighted by Gasteiger charge is 2.25. The van der Waals surface area contributed by atoms with Crippen molar-refractivity contribution in [1.82, 2.24) is 20.4 Å². The number of nitrogens with one attached hydrogen (secondary N) is 2. The number of hydrogen-bond acceptors (Lipinski definition) is 3. The fourth-order valence-electron chi connectivity index (χ4n) is 3.47. The summed E-state index contributed by atoms with van der Waals surface area (Å²) in [5.74, 6) is 1.02. The maximum atomic E-state index is 11.8. The number of amides is 1. The lowest BCUT2D eigenvalue weighted by Crippen LogP contribution is -2.44. The van der Waals surface area contributed by atoms with Crippen molar-refractivity contribution in [2.45, 2.75) is 52.7 Å². The van der Waals surface area contributed by atoms with Gasteiger partial charge in [-0.3, -0.25) is 14.7 Å². The molecule has 0 bridgehead atoms. The molecular formula is C21H36IN5O. The van der Waals surface area contributed by atoms with Crippen molar-refractivity contribution < 1.29 is 4.79 Å². The summed E-state index contributed by atoms with van der Waals surface area (Å²) in [6.45, 7) is 11.7. The molecule has 0 aromatic heterocycles. The van der Waals surface area contributed by atoms with Crippen molar-refractivity contribution in [3.63, 3.8) is 0 Å². The summed E-state index contributed by atoms with van der Waals surface area (Å²) in [6, 6.07) is 8.84. The number of carbonyl (C=O) groups is 1. The standard InChI is InChI=1S/C21H35N5O.HI/c1-5-20(27)26-13-12-19(16-26)24-21(22-4)23-14-17-10-8-9-11-18(17)15-25(6-2)7-3;/h8-11,19H,5-7,12-16H2,1-4H3,(H2,22,23,24);1H. The van der Waals surface area contributed by atoms with Crippen LogP contribution in [0, 0.1) is 0 Å². The molecule has 1 aromatic rings. The Morgan fingerprint density at radius 2 is 1.89 bits per heavy atom. The first kappa shape index (κ1) is 24.7. The van der Waals surface area contributed by atoms with E-state index in [4.69, 9.17) is 0 Å². The summed E-state index contributed by atoms with van der Waals surface area (Å²) in [5, 5.41) is 6.90. The van der Waals surface area contributed by atoms with Crippen LogP contribution in [0.25, 0.3) is 0 Å². The van der Waals surface area contributed by atoms with Crippen molar-refractivity contribution in [2.24, 2.45) is 4.99 Å². The Morgan fingerprint density at radius 3 is 2.50 bits per heavy atom. The number of nitrogens with zero attached hydrogens (tertiary/aromatic N) is 3. The first-order valence-electron chi connectivity index (χ1n) is 10.1. The first-order chi connectivity index (χ1) is 13.1. The quantitative estimate of drug-likeness (QED) is 0.327. The van der Waals surface area contributed by atoms with Crippen molar-refractivity contribution in [1.29, 1.82) is 0 Å². The molecule has 1 heterocycles. The van der Waals surface area contributed by atoms with E-state index in [1.165, 1.54) is 11.1 Å². The SMILES string of the molecule is CCC(=O)N1CCC(NC(=NC)NCc2ccccc2CN(CC)CC)C1.I. The average molecular weight is 501 g/mol. The highest BCUT2D eigenvalue weighted by atomic mass is 127. The summed E-state index contributed by atoms with van der Waals surface area (Å²) in [5.41, 5.74) is 2.64. The van der Waals surface area contributed by atoms with Gasteiger partial charge in [0.05, 0.1) is 0 Å². The molecule has 1 atom stereocenters. The van der Waals surface area contributed by atoms with E-state index in [1.54, 1.807) is 7.05 Å². The third-order valence-electron chi connectivity index (χ3n) is 5.26. The monoisotopic (exact) mass is 501 g/mol. The van der Waals surface area contributed by atoms with Crippen LogP contribution >= 0.6 is 24.0 Å². The predicted molar refractivity (Wildman–Crippen MR) is 127 cm³/mol. The number of halogens is 1. The van der Waals surface area contributed by atoms with Gasteiger partial charge >= 0.3 is 0 Å². The smallest absolute Gasteiger partial charge is 0.222 e. The van der Waals surface area contributed by atoms with Crippen LogP contribution in [0.3, 0.4) is 0 Å². The van der Waals surface area contributed by atoms with E-state index in [0.29, 0.717) is 6.42 Å². The molecule has 1 saturated heterocycles. The van der Waals surface area contributed by atoms with Gasteiger partial charge in [0.25, 0.3) is 0 Å². The van der Waals surface area contributed by atoms with Crippen LogP contribution in [0.15, 0.2) is 29.3 Å². The summed E-state index contributed by atoms with van der Waals surface area (Å²) in [6.07, 6.45) is 1.54. The normalized spacial score (nSPS) is 16.8. The van der Waals surface area contributed by atoms with Crippen LogP contribution in [-0.4, -0.2) is 60.9 Å². The van der Waals surface area contributed by atoms with E-state index in [-0.39, 0.29) is 35.9 Å². The van der Waals surface area contributed by atoms with Gasteiger partial charge in [-0.1, -0.05) is 45.0 Å².